The number of nitrogens with one attached hydrogen (secondary N) is 1. The van der Waals surface area contributed by atoms with Gasteiger partial charge in [-0.2, -0.15) is 0 Å². The summed E-state index contributed by atoms with van der Waals surface area (Å²) in [4.78, 5) is 41.3. The Morgan fingerprint density at radius 1 is 0.739 bits per heavy atom. The van der Waals surface area contributed by atoms with E-state index < -0.39 is 23.9 Å². The number of carboxylic acid groups (broad SMARTS) is 4. The van der Waals surface area contributed by atoms with Crippen LogP contribution >= 0.6 is 0 Å². The molecule has 0 heterocycles. The summed E-state index contributed by atoms with van der Waals surface area (Å²) in [7, 11) is 0. The third-order valence-electron chi connectivity index (χ3n) is 2.17. The lowest BCUT2D eigenvalue weighted by Gasteiger charge is -2.15. The van der Waals surface area contributed by atoms with Gasteiger partial charge in [0.15, 0.2) is 0 Å². The van der Waals surface area contributed by atoms with Crippen LogP contribution in [0.5, 0.6) is 0 Å². The molecule has 0 rings (SSSR count). The van der Waals surface area contributed by atoms with Gasteiger partial charge in [0.2, 0.25) is 0 Å². The summed E-state index contributed by atoms with van der Waals surface area (Å²) < 4.78 is 0. The number of rotatable bonds is 12. The van der Waals surface area contributed by atoms with Crippen molar-refractivity contribution in [3.05, 3.63) is 0 Å². The molecule has 134 valence electrons. The van der Waals surface area contributed by atoms with E-state index in [1.165, 1.54) is 0 Å². The van der Waals surface area contributed by atoms with Crippen LogP contribution in [0.15, 0.2) is 0 Å². The van der Waals surface area contributed by atoms with E-state index in [9.17, 15) is 19.2 Å². The SMILES string of the molecule is O=C(O)CCNCCC(=O)O.O=C(O)CN(CCO)CC(=O)O. The molecule has 0 aromatic carbocycles. The van der Waals surface area contributed by atoms with Gasteiger partial charge in [-0.1, -0.05) is 0 Å². The van der Waals surface area contributed by atoms with Crippen molar-refractivity contribution in [2.75, 3.05) is 39.3 Å². The van der Waals surface area contributed by atoms with Crippen LogP contribution in [0.4, 0.5) is 0 Å². The lowest BCUT2D eigenvalue weighted by Crippen LogP contribution is -2.36. The Morgan fingerprint density at radius 2 is 1.13 bits per heavy atom. The van der Waals surface area contributed by atoms with E-state index in [1.807, 2.05) is 0 Å². The molecule has 0 aliphatic rings. The molecule has 0 spiro atoms. The molecule has 0 fully saturated rings. The van der Waals surface area contributed by atoms with Gasteiger partial charge in [-0.25, -0.2) is 0 Å². The zero-order valence-electron chi connectivity index (χ0n) is 12.5. The fourth-order valence-corrected chi connectivity index (χ4v) is 1.25. The maximum atomic E-state index is 10.1. The van der Waals surface area contributed by atoms with Crippen molar-refractivity contribution in [2.24, 2.45) is 0 Å². The minimum absolute atomic E-state index is 0.0274. The van der Waals surface area contributed by atoms with Crippen molar-refractivity contribution in [2.45, 2.75) is 12.8 Å². The zero-order valence-corrected chi connectivity index (χ0v) is 12.5. The third kappa shape index (κ3) is 22.2. The maximum absolute atomic E-state index is 10.1. The van der Waals surface area contributed by atoms with Gasteiger partial charge in [-0.05, 0) is 0 Å². The molecule has 11 heteroatoms. The average molecular weight is 338 g/mol. The predicted molar refractivity (Wildman–Crippen MR) is 76.2 cm³/mol. The first-order valence-corrected chi connectivity index (χ1v) is 6.60. The van der Waals surface area contributed by atoms with Crippen LogP contribution in [0.1, 0.15) is 12.8 Å². The smallest absolute Gasteiger partial charge is 0.317 e. The van der Waals surface area contributed by atoms with Crippen LogP contribution in [0.2, 0.25) is 0 Å². The monoisotopic (exact) mass is 338 g/mol. The molecule has 6 N–H and O–H groups in total. The van der Waals surface area contributed by atoms with Crippen LogP contribution < -0.4 is 5.32 Å². The van der Waals surface area contributed by atoms with Gasteiger partial charge < -0.3 is 30.8 Å². The third-order valence-corrected chi connectivity index (χ3v) is 2.17. The van der Waals surface area contributed by atoms with Gasteiger partial charge in [0.25, 0.3) is 0 Å². The van der Waals surface area contributed by atoms with Gasteiger partial charge >= 0.3 is 23.9 Å². The first-order valence-electron chi connectivity index (χ1n) is 6.60. The van der Waals surface area contributed by atoms with Gasteiger partial charge in [0, 0.05) is 19.6 Å². The summed E-state index contributed by atoms with van der Waals surface area (Å²) in [5.41, 5.74) is 0. The summed E-state index contributed by atoms with van der Waals surface area (Å²) in [6.45, 7) is -0.288. The molecule has 11 nitrogen and oxygen atoms in total. The molecule has 0 atom stereocenters. The van der Waals surface area contributed by atoms with E-state index in [0.29, 0.717) is 13.1 Å². The number of carbonyl (C=O) groups is 4. The van der Waals surface area contributed by atoms with Crippen LogP contribution in [0.3, 0.4) is 0 Å². The number of hydrogen-bond acceptors (Lipinski definition) is 7. The molecule has 0 radical (unpaired) electrons. The van der Waals surface area contributed by atoms with Gasteiger partial charge in [-0.3, -0.25) is 24.1 Å². The Hall–Kier alpha value is -2.24. The number of hydrogen-bond donors (Lipinski definition) is 6. The van der Waals surface area contributed by atoms with E-state index >= 15 is 0 Å². The Kier molecular flexibility index (Phi) is 14.7. The minimum atomic E-state index is -1.11. The van der Waals surface area contributed by atoms with E-state index in [1.54, 1.807) is 0 Å². The molecule has 23 heavy (non-hydrogen) atoms. The van der Waals surface area contributed by atoms with Gasteiger partial charge in [0.1, 0.15) is 0 Å². The predicted octanol–water partition coefficient (Wildman–Crippen LogP) is -2.02. The van der Waals surface area contributed by atoms with E-state index in [4.69, 9.17) is 25.5 Å². The minimum Gasteiger partial charge on any atom is -0.481 e. The fourth-order valence-electron chi connectivity index (χ4n) is 1.25. The largest absolute Gasteiger partial charge is 0.481 e. The number of aliphatic hydroxyl groups is 1. The van der Waals surface area contributed by atoms with Crippen molar-refractivity contribution < 1.29 is 44.7 Å². The highest BCUT2D eigenvalue weighted by atomic mass is 16.4. The summed E-state index contributed by atoms with van der Waals surface area (Å²) in [6.07, 6.45) is 0.0548. The molecule has 0 bridgehead atoms. The van der Waals surface area contributed by atoms with Crippen molar-refractivity contribution in [3.8, 4) is 0 Å². The van der Waals surface area contributed by atoms with Crippen molar-refractivity contribution in [1.82, 2.24) is 10.2 Å². The highest BCUT2D eigenvalue weighted by molar-refractivity contribution is 5.72. The molecule has 0 aromatic heterocycles. The Balaban J connectivity index is 0. The van der Waals surface area contributed by atoms with E-state index in [0.717, 1.165) is 4.90 Å². The second-order valence-corrected chi connectivity index (χ2v) is 4.26. The Morgan fingerprint density at radius 3 is 1.39 bits per heavy atom. The quantitative estimate of drug-likeness (QED) is 0.216. The van der Waals surface area contributed by atoms with Gasteiger partial charge in [-0.15, -0.1) is 0 Å². The summed E-state index contributed by atoms with van der Waals surface area (Å²) >= 11 is 0. The standard InChI is InChI=1S/C6H11NO5.C6H11NO4/c8-2-1-7(3-5(9)10)4-6(11)12;8-5(9)1-3-7-4-2-6(10)11/h8H,1-4H2,(H,9,10)(H,11,12);7H,1-4H2,(H,8,9)(H,10,11). The van der Waals surface area contributed by atoms with Crippen molar-refractivity contribution >= 4 is 23.9 Å². The summed E-state index contributed by atoms with van der Waals surface area (Å²) in [5, 5.41) is 44.1. The molecule has 0 unspecified atom stereocenters. The average Bonchev–Trinajstić information content (AvgIpc) is 2.37. The molecule has 0 aromatic rings. The lowest BCUT2D eigenvalue weighted by atomic mass is 10.4. The number of nitrogens with zero attached hydrogens (tertiary/aromatic N) is 1. The van der Waals surface area contributed by atoms with Crippen molar-refractivity contribution in [3.63, 3.8) is 0 Å². The number of carboxylic acids is 4. The summed E-state index contributed by atoms with van der Waals surface area (Å²) in [6, 6.07) is 0. The normalized spacial score (nSPS) is 9.83. The number of aliphatic hydroxyl groups excluding tert-OH is 1. The first kappa shape index (κ1) is 23.0. The molecule has 0 aliphatic carbocycles. The second kappa shape index (κ2) is 14.7. The maximum Gasteiger partial charge on any atom is 0.317 e. The van der Waals surface area contributed by atoms with Crippen molar-refractivity contribution in [1.29, 1.82) is 0 Å². The van der Waals surface area contributed by atoms with Crippen LogP contribution in [-0.2, 0) is 19.2 Å². The summed E-state index contributed by atoms with van der Waals surface area (Å²) in [5.74, 6) is -3.98. The lowest BCUT2D eigenvalue weighted by molar-refractivity contribution is -0.142. The topological polar surface area (TPSA) is 185 Å². The second-order valence-electron chi connectivity index (χ2n) is 4.26. The molecular weight excluding hydrogens is 316 g/mol. The molecule has 0 amide bonds. The number of aliphatic carboxylic acids is 4. The molecule has 0 saturated heterocycles. The first-order chi connectivity index (χ1) is 10.7. The molecule has 0 saturated carbocycles. The fraction of sp³-hybridized carbons (Fsp3) is 0.667. The van der Waals surface area contributed by atoms with Crippen LogP contribution in [0.25, 0.3) is 0 Å². The van der Waals surface area contributed by atoms with E-state index in [2.05, 4.69) is 5.32 Å². The van der Waals surface area contributed by atoms with Crippen LogP contribution in [0, 0.1) is 0 Å². The highest BCUT2D eigenvalue weighted by Gasteiger charge is 2.11. The van der Waals surface area contributed by atoms with Gasteiger partial charge in [0.05, 0.1) is 32.5 Å². The Bertz CT molecular complexity index is 355. The molecule has 0 aliphatic heterocycles. The highest BCUT2D eigenvalue weighted by Crippen LogP contribution is 1.86. The van der Waals surface area contributed by atoms with E-state index in [-0.39, 0.29) is 39.1 Å². The Labute approximate surface area is 132 Å². The zero-order chi connectivity index (χ0) is 18.3. The van der Waals surface area contributed by atoms with Crippen LogP contribution in [-0.4, -0.2) is 93.6 Å². The molecular formula is C12H22N2O9.